The lowest BCUT2D eigenvalue weighted by Gasteiger charge is -2.37. The quantitative estimate of drug-likeness (QED) is 0.926. The third-order valence-corrected chi connectivity index (χ3v) is 5.02. The standard InChI is InChI=1S/C13H22BrN3O/c1-4-17-7-5-13(18,6-8-17)9-11-12(14)10(2)15-16(11)3/h18H,4-9H2,1-3H3. The monoisotopic (exact) mass is 315 g/mol. The van der Waals surface area contributed by atoms with E-state index in [1.54, 1.807) is 0 Å². The summed E-state index contributed by atoms with van der Waals surface area (Å²) in [5, 5.41) is 15.1. The number of rotatable bonds is 3. The van der Waals surface area contributed by atoms with Crippen LogP contribution in [0.25, 0.3) is 0 Å². The topological polar surface area (TPSA) is 41.3 Å². The lowest BCUT2D eigenvalue weighted by atomic mass is 9.87. The largest absolute Gasteiger partial charge is 0.389 e. The van der Waals surface area contributed by atoms with Crippen LogP contribution in [-0.2, 0) is 13.5 Å². The van der Waals surface area contributed by atoms with E-state index in [0.717, 1.165) is 48.3 Å². The summed E-state index contributed by atoms with van der Waals surface area (Å²) < 4.78 is 2.92. The predicted octanol–water partition coefficient (Wildman–Crippen LogP) is 1.88. The predicted molar refractivity (Wildman–Crippen MR) is 75.6 cm³/mol. The van der Waals surface area contributed by atoms with Gasteiger partial charge in [0.05, 0.1) is 21.5 Å². The minimum absolute atomic E-state index is 0.575. The molecule has 1 aromatic rings. The number of aromatic nitrogens is 2. The van der Waals surface area contributed by atoms with Gasteiger partial charge in [0, 0.05) is 26.6 Å². The molecule has 0 aliphatic carbocycles. The molecular formula is C13H22BrN3O. The van der Waals surface area contributed by atoms with E-state index in [0.29, 0.717) is 6.42 Å². The number of aryl methyl sites for hydroxylation is 2. The molecule has 102 valence electrons. The Balaban J connectivity index is 2.09. The van der Waals surface area contributed by atoms with Crippen LogP contribution in [0.15, 0.2) is 4.47 Å². The normalized spacial score (nSPS) is 20.3. The molecule has 4 nitrogen and oxygen atoms in total. The van der Waals surface area contributed by atoms with Crippen molar-refractivity contribution in [3.05, 3.63) is 15.9 Å². The van der Waals surface area contributed by atoms with Crippen LogP contribution in [0.3, 0.4) is 0 Å². The lowest BCUT2D eigenvalue weighted by Crippen LogP contribution is -2.45. The van der Waals surface area contributed by atoms with Crippen molar-refractivity contribution in [3.63, 3.8) is 0 Å². The molecule has 0 saturated carbocycles. The summed E-state index contributed by atoms with van der Waals surface area (Å²) in [6.07, 6.45) is 2.37. The summed E-state index contributed by atoms with van der Waals surface area (Å²) in [5.41, 5.74) is 1.51. The van der Waals surface area contributed by atoms with Crippen LogP contribution in [0.4, 0.5) is 0 Å². The van der Waals surface area contributed by atoms with Gasteiger partial charge in [-0.25, -0.2) is 0 Å². The zero-order valence-corrected chi connectivity index (χ0v) is 13.0. The maximum atomic E-state index is 10.7. The van der Waals surface area contributed by atoms with E-state index in [1.807, 2.05) is 18.7 Å². The molecule has 0 unspecified atom stereocenters. The summed E-state index contributed by atoms with van der Waals surface area (Å²) in [7, 11) is 1.94. The highest BCUT2D eigenvalue weighted by Gasteiger charge is 2.33. The maximum Gasteiger partial charge on any atom is 0.0738 e. The Bertz CT molecular complexity index is 422. The number of hydrogen-bond donors (Lipinski definition) is 1. The highest BCUT2D eigenvalue weighted by Crippen LogP contribution is 2.30. The highest BCUT2D eigenvalue weighted by atomic mass is 79.9. The van der Waals surface area contributed by atoms with Crippen molar-refractivity contribution in [1.82, 2.24) is 14.7 Å². The van der Waals surface area contributed by atoms with Gasteiger partial charge < -0.3 is 10.0 Å². The van der Waals surface area contributed by atoms with Crippen LogP contribution in [0.5, 0.6) is 0 Å². The van der Waals surface area contributed by atoms with Crippen molar-refractivity contribution in [2.45, 2.75) is 38.7 Å². The Morgan fingerprint density at radius 3 is 2.44 bits per heavy atom. The lowest BCUT2D eigenvalue weighted by molar-refractivity contribution is -0.0208. The van der Waals surface area contributed by atoms with Gasteiger partial charge in [0.15, 0.2) is 0 Å². The number of nitrogens with zero attached hydrogens (tertiary/aromatic N) is 3. The fraction of sp³-hybridized carbons (Fsp3) is 0.769. The van der Waals surface area contributed by atoms with Gasteiger partial charge in [-0.2, -0.15) is 5.10 Å². The molecule has 0 bridgehead atoms. The smallest absolute Gasteiger partial charge is 0.0738 e. The third-order valence-electron chi connectivity index (χ3n) is 3.99. The zero-order chi connectivity index (χ0) is 13.3. The van der Waals surface area contributed by atoms with Crippen molar-refractivity contribution in [3.8, 4) is 0 Å². The first-order chi connectivity index (χ1) is 8.45. The van der Waals surface area contributed by atoms with Gasteiger partial charge in [-0.05, 0) is 42.2 Å². The van der Waals surface area contributed by atoms with E-state index in [2.05, 4.69) is 32.9 Å². The molecule has 1 aromatic heterocycles. The van der Waals surface area contributed by atoms with Crippen LogP contribution in [0, 0.1) is 6.92 Å². The molecule has 5 heteroatoms. The Morgan fingerprint density at radius 1 is 1.39 bits per heavy atom. The molecule has 1 N–H and O–H groups in total. The number of halogens is 1. The first kappa shape index (κ1) is 14.0. The fourth-order valence-electron chi connectivity index (χ4n) is 2.65. The SMILES string of the molecule is CCN1CCC(O)(Cc2c(Br)c(C)nn2C)CC1. The first-order valence-electron chi connectivity index (χ1n) is 6.58. The van der Waals surface area contributed by atoms with Crippen LogP contribution >= 0.6 is 15.9 Å². The summed E-state index contributed by atoms with van der Waals surface area (Å²) >= 11 is 3.57. The van der Waals surface area contributed by atoms with E-state index >= 15 is 0 Å². The average molecular weight is 316 g/mol. The van der Waals surface area contributed by atoms with E-state index in [1.165, 1.54) is 0 Å². The van der Waals surface area contributed by atoms with Gasteiger partial charge in [0.2, 0.25) is 0 Å². The highest BCUT2D eigenvalue weighted by molar-refractivity contribution is 9.10. The van der Waals surface area contributed by atoms with Crippen molar-refractivity contribution in [2.75, 3.05) is 19.6 Å². The molecule has 0 aromatic carbocycles. The number of piperidine rings is 1. The van der Waals surface area contributed by atoms with Crippen LogP contribution < -0.4 is 0 Å². The van der Waals surface area contributed by atoms with Gasteiger partial charge in [0.1, 0.15) is 0 Å². The van der Waals surface area contributed by atoms with Gasteiger partial charge in [-0.3, -0.25) is 4.68 Å². The second-order valence-electron chi connectivity index (χ2n) is 5.31. The van der Waals surface area contributed by atoms with Crippen molar-refractivity contribution in [2.24, 2.45) is 7.05 Å². The van der Waals surface area contributed by atoms with Crippen LogP contribution in [0.2, 0.25) is 0 Å². The molecule has 1 aliphatic rings. The zero-order valence-electron chi connectivity index (χ0n) is 11.4. The summed E-state index contributed by atoms with van der Waals surface area (Å²) in [4.78, 5) is 2.39. The summed E-state index contributed by atoms with van der Waals surface area (Å²) in [6, 6.07) is 0. The van der Waals surface area contributed by atoms with Crippen molar-refractivity contribution in [1.29, 1.82) is 0 Å². The van der Waals surface area contributed by atoms with Gasteiger partial charge in [-0.15, -0.1) is 0 Å². The Kier molecular flexibility index (Phi) is 4.14. The summed E-state index contributed by atoms with van der Waals surface area (Å²) in [6.45, 7) is 7.20. The molecule has 1 saturated heterocycles. The molecule has 2 rings (SSSR count). The molecule has 0 radical (unpaired) electrons. The van der Waals surface area contributed by atoms with E-state index < -0.39 is 5.60 Å². The number of likely N-dealkylation sites (tertiary alicyclic amines) is 1. The van der Waals surface area contributed by atoms with E-state index in [9.17, 15) is 5.11 Å². The Morgan fingerprint density at radius 2 is 2.00 bits per heavy atom. The molecule has 0 amide bonds. The number of hydrogen-bond acceptors (Lipinski definition) is 3. The van der Waals surface area contributed by atoms with Crippen LogP contribution in [-0.4, -0.2) is 45.0 Å². The number of aliphatic hydroxyl groups is 1. The molecule has 18 heavy (non-hydrogen) atoms. The molecule has 1 aliphatic heterocycles. The molecule has 2 heterocycles. The first-order valence-corrected chi connectivity index (χ1v) is 7.37. The maximum absolute atomic E-state index is 10.7. The second-order valence-corrected chi connectivity index (χ2v) is 6.10. The van der Waals surface area contributed by atoms with Gasteiger partial charge >= 0.3 is 0 Å². The molecule has 0 atom stereocenters. The van der Waals surface area contributed by atoms with Crippen molar-refractivity contribution >= 4 is 15.9 Å². The van der Waals surface area contributed by atoms with E-state index in [4.69, 9.17) is 0 Å². The molecule has 0 spiro atoms. The fourth-order valence-corrected chi connectivity index (χ4v) is 3.12. The Labute approximate surface area is 117 Å². The molecule has 1 fully saturated rings. The van der Waals surface area contributed by atoms with Gasteiger partial charge in [0.25, 0.3) is 0 Å². The van der Waals surface area contributed by atoms with Crippen molar-refractivity contribution < 1.29 is 5.11 Å². The summed E-state index contributed by atoms with van der Waals surface area (Å²) in [5.74, 6) is 0. The Hall–Kier alpha value is -0.390. The van der Waals surface area contributed by atoms with Gasteiger partial charge in [-0.1, -0.05) is 6.92 Å². The average Bonchev–Trinajstić information content (AvgIpc) is 2.57. The van der Waals surface area contributed by atoms with E-state index in [-0.39, 0.29) is 0 Å². The van der Waals surface area contributed by atoms with Crippen LogP contribution in [0.1, 0.15) is 31.2 Å². The molecular weight excluding hydrogens is 294 g/mol. The second kappa shape index (κ2) is 5.31. The minimum Gasteiger partial charge on any atom is -0.389 e. The minimum atomic E-state index is -0.575. The third kappa shape index (κ3) is 2.78.